The summed E-state index contributed by atoms with van der Waals surface area (Å²) in [6, 6.07) is 12.9. The molecule has 1 heterocycles. The number of hydrogen-bond acceptors (Lipinski definition) is 5. The predicted octanol–water partition coefficient (Wildman–Crippen LogP) is 2.26. The number of carbonyl (C=O) groups excluding carboxylic acids is 2. The maximum atomic E-state index is 11.8. The molecule has 0 atom stereocenters. The van der Waals surface area contributed by atoms with E-state index >= 15 is 0 Å². The van der Waals surface area contributed by atoms with E-state index < -0.39 is 11.8 Å². The Morgan fingerprint density at radius 1 is 1.04 bits per heavy atom. The number of hydrogen-bond donors (Lipinski definition) is 2. The summed E-state index contributed by atoms with van der Waals surface area (Å²) < 4.78 is 16.3. The van der Waals surface area contributed by atoms with E-state index in [1.165, 1.54) is 11.6 Å². The summed E-state index contributed by atoms with van der Waals surface area (Å²) in [5.74, 6) is 1.00. The first-order valence-electron chi connectivity index (χ1n) is 9.02. The van der Waals surface area contributed by atoms with Gasteiger partial charge in [0.2, 0.25) is 0 Å². The van der Waals surface area contributed by atoms with Gasteiger partial charge in [0.15, 0.2) is 18.1 Å². The van der Waals surface area contributed by atoms with Crippen LogP contribution in [-0.2, 0) is 16.0 Å². The van der Waals surface area contributed by atoms with Crippen LogP contribution in [0, 0.1) is 0 Å². The van der Waals surface area contributed by atoms with Crippen molar-refractivity contribution in [3.8, 4) is 17.2 Å². The van der Waals surface area contributed by atoms with E-state index in [0.717, 1.165) is 12.0 Å². The van der Waals surface area contributed by atoms with Crippen LogP contribution >= 0.6 is 0 Å². The minimum atomic E-state index is -0.462. The van der Waals surface area contributed by atoms with Crippen LogP contribution in [0.4, 0.5) is 0 Å². The first-order chi connectivity index (χ1) is 13.6. The standard InChI is InChI=1S/C21H22N2O5/c1-2-15-3-7-17(8-4-15)28-14-21(25)23-22-20(24)10-6-16-5-9-18-19(13-16)27-12-11-26-18/h3-10,13H,2,11-12,14H2,1H3,(H,22,24)(H,23,25)/b10-6+. The molecule has 2 aromatic rings. The molecule has 0 spiro atoms. The van der Waals surface area contributed by atoms with Crippen molar-refractivity contribution in [2.75, 3.05) is 19.8 Å². The Morgan fingerprint density at radius 2 is 1.79 bits per heavy atom. The fraction of sp³-hybridized carbons (Fsp3) is 0.238. The van der Waals surface area contributed by atoms with Gasteiger partial charge in [0, 0.05) is 6.08 Å². The van der Waals surface area contributed by atoms with Crippen molar-refractivity contribution in [2.24, 2.45) is 0 Å². The molecule has 7 nitrogen and oxygen atoms in total. The van der Waals surface area contributed by atoms with Crippen molar-refractivity contribution in [1.29, 1.82) is 0 Å². The Hall–Kier alpha value is -3.48. The normalized spacial score (nSPS) is 12.5. The van der Waals surface area contributed by atoms with E-state index in [1.54, 1.807) is 30.3 Å². The maximum Gasteiger partial charge on any atom is 0.276 e. The molecule has 2 N–H and O–H groups in total. The Bertz CT molecular complexity index is 862. The number of hydrazine groups is 1. The van der Waals surface area contributed by atoms with Gasteiger partial charge >= 0.3 is 0 Å². The van der Waals surface area contributed by atoms with Gasteiger partial charge in [-0.3, -0.25) is 20.4 Å². The number of nitrogens with one attached hydrogen (secondary N) is 2. The van der Waals surface area contributed by atoms with E-state index in [1.807, 2.05) is 18.2 Å². The van der Waals surface area contributed by atoms with Crippen molar-refractivity contribution < 1.29 is 23.8 Å². The smallest absolute Gasteiger partial charge is 0.276 e. The highest BCUT2D eigenvalue weighted by atomic mass is 16.6. The molecule has 0 saturated heterocycles. The molecule has 28 heavy (non-hydrogen) atoms. The van der Waals surface area contributed by atoms with Crippen molar-refractivity contribution in [1.82, 2.24) is 10.9 Å². The lowest BCUT2D eigenvalue weighted by Crippen LogP contribution is -2.43. The third-order valence-electron chi connectivity index (χ3n) is 4.02. The van der Waals surface area contributed by atoms with E-state index in [-0.39, 0.29) is 6.61 Å². The van der Waals surface area contributed by atoms with Gasteiger partial charge in [-0.15, -0.1) is 0 Å². The van der Waals surface area contributed by atoms with Crippen molar-refractivity contribution in [3.05, 3.63) is 59.7 Å². The number of ether oxygens (including phenoxy) is 3. The summed E-state index contributed by atoms with van der Waals surface area (Å²) in [4.78, 5) is 23.6. The summed E-state index contributed by atoms with van der Waals surface area (Å²) >= 11 is 0. The Kier molecular flexibility index (Phi) is 6.51. The lowest BCUT2D eigenvalue weighted by Gasteiger charge is -2.18. The summed E-state index contributed by atoms with van der Waals surface area (Å²) in [5, 5.41) is 0. The lowest BCUT2D eigenvalue weighted by atomic mass is 10.2. The van der Waals surface area contributed by atoms with Gasteiger partial charge in [-0.1, -0.05) is 25.1 Å². The first kappa shape index (κ1) is 19.3. The quantitative estimate of drug-likeness (QED) is 0.591. The molecule has 2 aromatic carbocycles. The fourth-order valence-corrected chi connectivity index (χ4v) is 2.51. The highest BCUT2D eigenvalue weighted by Crippen LogP contribution is 2.31. The monoisotopic (exact) mass is 382 g/mol. The zero-order chi connectivity index (χ0) is 19.8. The van der Waals surface area contributed by atoms with E-state index in [0.29, 0.717) is 30.5 Å². The number of fused-ring (bicyclic) bond motifs is 1. The van der Waals surface area contributed by atoms with Crippen LogP contribution in [0.1, 0.15) is 18.1 Å². The first-order valence-corrected chi connectivity index (χ1v) is 9.02. The van der Waals surface area contributed by atoms with Crippen LogP contribution < -0.4 is 25.1 Å². The number of amides is 2. The highest BCUT2D eigenvalue weighted by molar-refractivity contribution is 5.93. The van der Waals surface area contributed by atoms with Crippen LogP contribution in [0.2, 0.25) is 0 Å². The fourth-order valence-electron chi connectivity index (χ4n) is 2.51. The van der Waals surface area contributed by atoms with Gasteiger partial charge in [-0.25, -0.2) is 0 Å². The van der Waals surface area contributed by atoms with Crippen LogP contribution in [-0.4, -0.2) is 31.6 Å². The van der Waals surface area contributed by atoms with Crippen molar-refractivity contribution >= 4 is 17.9 Å². The van der Waals surface area contributed by atoms with Crippen molar-refractivity contribution in [3.63, 3.8) is 0 Å². The molecule has 1 aliphatic rings. The molecule has 0 saturated carbocycles. The largest absolute Gasteiger partial charge is 0.486 e. The summed E-state index contributed by atoms with van der Waals surface area (Å²) in [7, 11) is 0. The van der Waals surface area contributed by atoms with E-state index in [4.69, 9.17) is 14.2 Å². The van der Waals surface area contributed by atoms with Crippen LogP contribution in [0.25, 0.3) is 6.08 Å². The second-order valence-corrected chi connectivity index (χ2v) is 6.06. The Balaban J connectivity index is 1.41. The van der Waals surface area contributed by atoms with E-state index in [2.05, 4.69) is 17.8 Å². The zero-order valence-electron chi connectivity index (χ0n) is 15.6. The van der Waals surface area contributed by atoms with E-state index in [9.17, 15) is 9.59 Å². The molecule has 0 fully saturated rings. The van der Waals surface area contributed by atoms with Crippen LogP contribution in [0.5, 0.6) is 17.2 Å². The van der Waals surface area contributed by atoms with Gasteiger partial charge in [0.1, 0.15) is 19.0 Å². The molecule has 2 amide bonds. The second kappa shape index (κ2) is 9.45. The van der Waals surface area contributed by atoms with Gasteiger partial charge < -0.3 is 14.2 Å². The second-order valence-electron chi connectivity index (χ2n) is 6.06. The van der Waals surface area contributed by atoms with Crippen LogP contribution in [0.15, 0.2) is 48.5 Å². The minimum absolute atomic E-state index is 0.197. The minimum Gasteiger partial charge on any atom is -0.486 e. The average molecular weight is 382 g/mol. The number of rotatable bonds is 6. The third kappa shape index (κ3) is 5.51. The van der Waals surface area contributed by atoms with Gasteiger partial charge in [-0.2, -0.15) is 0 Å². The molecule has 146 valence electrons. The predicted molar refractivity (Wildman–Crippen MR) is 104 cm³/mol. The van der Waals surface area contributed by atoms with Gasteiger partial charge in [-0.05, 0) is 47.9 Å². The Morgan fingerprint density at radius 3 is 2.54 bits per heavy atom. The number of carbonyl (C=O) groups is 2. The molecular weight excluding hydrogens is 360 g/mol. The highest BCUT2D eigenvalue weighted by Gasteiger charge is 2.11. The molecule has 1 aliphatic heterocycles. The average Bonchev–Trinajstić information content (AvgIpc) is 2.75. The molecule has 0 unspecified atom stereocenters. The molecule has 0 radical (unpaired) electrons. The molecule has 3 rings (SSSR count). The number of aryl methyl sites for hydroxylation is 1. The molecule has 7 heteroatoms. The molecule has 0 bridgehead atoms. The zero-order valence-corrected chi connectivity index (χ0v) is 15.6. The van der Waals surface area contributed by atoms with Gasteiger partial charge in [0.25, 0.3) is 11.8 Å². The lowest BCUT2D eigenvalue weighted by molar-refractivity contribution is -0.128. The van der Waals surface area contributed by atoms with Crippen LogP contribution in [0.3, 0.4) is 0 Å². The van der Waals surface area contributed by atoms with Crippen molar-refractivity contribution in [2.45, 2.75) is 13.3 Å². The summed E-state index contributed by atoms with van der Waals surface area (Å²) in [6.07, 6.45) is 3.87. The summed E-state index contributed by atoms with van der Waals surface area (Å²) in [5.41, 5.74) is 6.58. The Labute approximate surface area is 163 Å². The maximum absolute atomic E-state index is 11.8. The van der Waals surface area contributed by atoms with Gasteiger partial charge in [0.05, 0.1) is 0 Å². The molecule has 0 aromatic heterocycles. The summed E-state index contributed by atoms with van der Waals surface area (Å²) in [6.45, 7) is 2.89. The topological polar surface area (TPSA) is 85.9 Å². The number of benzene rings is 2. The SMILES string of the molecule is CCc1ccc(OCC(=O)NNC(=O)/C=C/c2ccc3c(c2)OCCO3)cc1. The molecular formula is C21H22N2O5. The molecule has 0 aliphatic carbocycles. The third-order valence-corrected chi connectivity index (χ3v) is 4.02.